The van der Waals surface area contributed by atoms with Gasteiger partial charge in [0.05, 0.1) is 29.2 Å². The largest absolute Gasteiger partial charge is 0.507 e. The number of ether oxygens (including phenoxy) is 1. The molecular weight excluding hydrogens is 306 g/mol. The molecule has 0 bridgehead atoms. The Hall–Kier alpha value is -3.00. The molecule has 0 aromatic heterocycles. The van der Waals surface area contributed by atoms with Crippen molar-refractivity contribution < 1.29 is 19.7 Å². The second-order valence-electron chi connectivity index (χ2n) is 5.93. The summed E-state index contributed by atoms with van der Waals surface area (Å²) in [5, 5.41) is 29.7. The first-order valence-electron chi connectivity index (χ1n) is 7.55. The number of aromatic hydroxyl groups is 2. The Balaban J connectivity index is 2.53. The molecule has 0 aliphatic rings. The second kappa shape index (κ2) is 6.63. The first kappa shape index (κ1) is 17.4. The molecule has 0 amide bonds. The van der Waals surface area contributed by atoms with E-state index in [1.807, 2.05) is 6.07 Å². The molecule has 5 heteroatoms. The van der Waals surface area contributed by atoms with Gasteiger partial charge >= 0.3 is 5.97 Å². The van der Waals surface area contributed by atoms with Crippen molar-refractivity contribution in [1.82, 2.24) is 0 Å². The molecule has 2 N–H and O–H groups in total. The van der Waals surface area contributed by atoms with Crippen LogP contribution < -0.4 is 0 Å². The lowest BCUT2D eigenvalue weighted by Crippen LogP contribution is -2.31. The van der Waals surface area contributed by atoms with Crippen LogP contribution >= 0.6 is 0 Å². The summed E-state index contributed by atoms with van der Waals surface area (Å²) < 4.78 is 5.05. The maximum absolute atomic E-state index is 12.1. The van der Waals surface area contributed by atoms with Crippen molar-refractivity contribution in [3.63, 3.8) is 0 Å². The summed E-state index contributed by atoms with van der Waals surface area (Å²) in [4.78, 5) is 12.1. The quantitative estimate of drug-likeness (QED) is 0.840. The molecular formula is C19H19NO4. The first-order valence-corrected chi connectivity index (χ1v) is 7.55. The lowest BCUT2D eigenvalue weighted by Gasteiger charge is -2.24. The number of nitrogens with zero attached hydrogens (tertiary/aromatic N) is 1. The molecule has 5 nitrogen and oxygen atoms in total. The van der Waals surface area contributed by atoms with Gasteiger partial charge in [0.15, 0.2) is 0 Å². The number of rotatable bonds is 4. The van der Waals surface area contributed by atoms with Crippen LogP contribution in [0.5, 0.6) is 11.5 Å². The van der Waals surface area contributed by atoms with Gasteiger partial charge in [-0.3, -0.25) is 4.79 Å². The number of hydrogen-bond acceptors (Lipinski definition) is 5. The molecule has 0 unspecified atom stereocenters. The zero-order valence-corrected chi connectivity index (χ0v) is 13.8. The highest BCUT2D eigenvalue weighted by Gasteiger charge is 2.33. The summed E-state index contributed by atoms with van der Waals surface area (Å²) in [6.45, 7) is 5.29. The fraction of sp³-hybridized carbons (Fsp3) is 0.263. The number of carbonyl (C=O) groups excluding carboxylic acids is 1. The van der Waals surface area contributed by atoms with Gasteiger partial charge in [-0.1, -0.05) is 12.1 Å². The number of phenols is 2. The molecule has 2 aromatic carbocycles. The standard InChI is InChI=1S/C19H19NO4/c1-4-24-18(23)19(2,3)14-9-15(21)17(16(22)10-14)13-7-5-6-12(8-13)11-20/h5-10,21-22H,4H2,1-3H3. The van der Waals surface area contributed by atoms with Gasteiger partial charge in [0.25, 0.3) is 0 Å². The van der Waals surface area contributed by atoms with Crippen LogP contribution in [0.4, 0.5) is 0 Å². The highest BCUT2D eigenvalue weighted by Crippen LogP contribution is 2.41. The van der Waals surface area contributed by atoms with E-state index in [1.165, 1.54) is 12.1 Å². The highest BCUT2D eigenvalue weighted by molar-refractivity contribution is 5.84. The Morgan fingerprint density at radius 1 is 1.21 bits per heavy atom. The van der Waals surface area contributed by atoms with E-state index in [-0.39, 0.29) is 23.7 Å². The molecule has 0 fully saturated rings. The van der Waals surface area contributed by atoms with E-state index in [9.17, 15) is 15.0 Å². The lowest BCUT2D eigenvalue weighted by molar-refractivity contribution is -0.148. The summed E-state index contributed by atoms with van der Waals surface area (Å²) in [5.74, 6) is -0.780. The average molecular weight is 325 g/mol. The number of esters is 1. The van der Waals surface area contributed by atoms with Gasteiger partial charge in [0, 0.05) is 0 Å². The van der Waals surface area contributed by atoms with Crippen molar-refractivity contribution in [3.8, 4) is 28.7 Å². The van der Waals surface area contributed by atoms with E-state index in [1.54, 1.807) is 45.0 Å². The van der Waals surface area contributed by atoms with E-state index in [0.717, 1.165) is 0 Å². The van der Waals surface area contributed by atoms with Gasteiger partial charge in [-0.05, 0) is 56.2 Å². The lowest BCUT2D eigenvalue weighted by atomic mass is 9.83. The molecule has 2 rings (SSSR count). The molecule has 0 radical (unpaired) electrons. The van der Waals surface area contributed by atoms with Gasteiger partial charge in [0.1, 0.15) is 11.5 Å². The number of phenolic OH excluding ortho intramolecular Hbond substituents is 2. The maximum Gasteiger partial charge on any atom is 0.315 e. The second-order valence-corrected chi connectivity index (χ2v) is 5.93. The third kappa shape index (κ3) is 3.18. The Morgan fingerprint density at radius 3 is 2.38 bits per heavy atom. The van der Waals surface area contributed by atoms with Crippen molar-refractivity contribution in [3.05, 3.63) is 47.5 Å². The first-order chi connectivity index (χ1) is 11.3. The highest BCUT2D eigenvalue weighted by atomic mass is 16.5. The Morgan fingerprint density at radius 2 is 1.83 bits per heavy atom. The van der Waals surface area contributed by atoms with Crippen molar-refractivity contribution >= 4 is 5.97 Å². The minimum Gasteiger partial charge on any atom is -0.507 e. The van der Waals surface area contributed by atoms with Gasteiger partial charge in [-0.2, -0.15) is 5.26 Å². The van der Waals surface area contributed by atoms with Gasteiger partial charge < -0.3 is 14.9 Å². The van der Waals surface area contributed by atoms with Crippen LogP contribution in [-0.2, 0) is 14.9 Å². The molecule has 0 aliphatic carbocycles. The zero-order valence-electron chi connectivity index (χ0n) is 13.8. The molecule has 0 heterocycles. The number of benzene rings is 2. The summed E-state index contributed by atoms with van der Waals surface area (Å²) in [6, 6.07) is 11.5. The van der Waals surface area contributed by atoms with Crippen LogP contribution in [0, 0.1) is 11.3 Å². The number of carbonyl (C=O) groups is 1. The summed E-state index contributed by atoms with van der Waals surface area (Å²) >= 11 is 0. The van der Waals surface area contributed by atoms with E-state index >= 15 is 0 Å². The summed E-state index contributed by atoms with van der Waals surface area (Å²) in [7, 11) is 0. The van der Waals surface area contributed by atoms with E-state index in [0.29, 0.717) is 16.7 Å². The Kier molecular flexibility index (Phi) is 4.79. The van der Waals surface area contributed by atoms with Gasteiger partial charge in [-0.15, -0.1) is 0 Å². The molecule has 0 spiro atoms. The predicted molar refractivity (Wildman–Crippen MR) is 89.6 cm³/mol. The topological polar surface area (TPSA) is 90.5 Å². The Bertz CT molecular complexity index is 795. The minimum absolute atomic E-state index is 0.169. The SMILES string of the molecule is CCOC(=O)C(C)(C)c1cc(O)c(-c2cccc(C#N)c2)c(O)c1. The van der Waals surface area contributed by atoms with Gasteiger partial charge in [0.2, 0.25) is 0 Å². The van der Waals surface area contributed by atoms with Crippen LogP contribution in [0.15, 0.2) is 36.4 Å². The van der Waals surface area contributed by atoms with Gasteiger partial charge in [-0.25, -0.2) is 0 Å². The summed E-state index contributed by atoms with van der Waals surface area (Å²) in [6.07, 6.45) is 0. The van der Waals surface area contributed by atoms with Crippen molar-refractivity contribution in [2.45, 2.75) is 26.2 Å². The normalized spacial score (nSPS) is 10.9. The van der Waals surface area contributed by atoms with E-state index in [2.05, 4.69) is 0 Å². The van der Waals surface area contributed by atoms with Crippen molar-refractivity contribution in [2.75, 3.05) is 6.61 Å². The van der Waals surface area contributed by atoms with Crippen LogP contribution in [0.1, 0.15) is 31.9 Å². The van der Waals surface area contributed by atoms with Crippen molar-refractivity contribution in [1.29, 1.82) is 5.26 Å². The minimum atomic E-state index is -1.02. The van der Waals surface area contributed by atoms with Crippen LogP contribution in [0.25, 0.3) is 11.1 Å². The zero-order chi connectivity index (χ0) is 17.9. The summed E-state index contributed by atoms with van der Waals surface area (Å²) in [5.41, 5.74) is 0.580. The molecule has 0 atom stereocenters. The average Bonchev–Trinajstić information content (AvgIpc) is 2.54. The predicted octanol–water partition coefficient (Wildman–Crippen LogP) is 3.48. The van der Waals surface area contributed by atoms with Crippen LogP contribution in [0.2, 0.25) is 0 Å². The van der Waals surface area contributed by atoms with E-state index < -0.39 is 11.4 Å². The number of hydrogen-bond donors (Lipinski definition) is 2. The maximum atomic E-state index is 12.1. The van der Waals surface area contributed by atoms with E-state index in [4.69, 9.17) is 10.00 Å². The number of nitriles is 1. The Labute approximate surface area is 140 Å². The fourth-order valence-corrected chi connectivity index (χ4v) is 2.44. The molecule has 124 valence electrons. The van der Waals surface area contributed by atoms with Crippen LogP contribution in [-0.4, -0.2) is 22.8 Å². The molecule has 0 saturated heterocycles. The molecule has 0 saturated carbocycles. The molecule has 24 heavy (non-hydrogen) atoms. The van der Waals surface area contributed by atoms with Crippen LogP contribution in [0.3, 0.4) is 0 Å². The molecule has 0 aliphatic heterocycles. The smallest absolute Gasteiger partial charge is 0.315 e. The molecule has 2 aromatic rings. The third-order valence-electron chi connectivity index (χ3n) is 3.88. The monoisotopic (exact) mass is 325 g/mol. The third-order valence-corrected chi connectivity index (χ3v) is 3.88. The fourth-order valence-electron chi connectivity index (χ4n) is 2.44. The van der Waals surface area contributed by atoms with Crippen molar-refractivity contribution in [2.24, 2.45) is 0 Å².